The minimum Gasteiger partial charge on any atom is -0.493 e. The molecule has 1 heterocycles. The maximum atomic E-state index is 11.3. The summed E-state index contributed by atoms with van der Waals surface area (Å²) < 4.78 is 5.86. The molecule has 0 bridgehead atoms. The molecule has 2 N–H and O–H groups in total. The van der Waals surface area contributed by atoms with E-state index in [2.05, 4.69) is 10.3 Å². The molecule has 5 nitrogen and oxygen atoms in total. The minimum atomic E-state index is -0.783. The molecule has 0 fully saturated rings. The van der Waals surface area contributed by atoms with Crippen LogP contribution in [0.4, 0.5) is 5.69 Å². The van der Waals surface area contributed by atoms with Crippen LogP contribution in [0, 0.1) is 0 Å². The zero-order valence-corrected chi connectivity index (χ0v) is 16.5. The van der Waals surface area contributed by atoms with Crippen LogP contribution in [0.5, 0.6) is 5.75 Å². The lowest BCUT2D eigenvalue weighted by Crippen LogP contribution is -2.09. The number of carbonyl (C=O) groups is 1. The van der Waals surface area contributed by atoms with Gasteiger partial charge in [-0.1, -0.05) is 42.5 Å². The van der Waals surface area contributed by atoms with Crippen LogP contribution in [-0.2, 0) is 17.6 Å². The lowest BCUT2D eigenvalue weighted by atomic mass is 9.89. The lowest BCUT2D eigenvalue weighted by molar-refractivity contribution is -0.137. The summed E-state index contributed by atoms with van der Waals surface area (Å²) in [6, 6.07) is 21.6. The van der Waals surface area contributed by atoms with Gasteiger partial charge in [-0.2, -0.15) is 0 Å². The number of carboxylic acids is 1. The zero-order valence-electron chi connectivity index (χ0n) is 16.5. The number of carboxylic acid groups (broad SMARTS) is 1. The highest BCUT2D eigenvalue weighted by molar-refractivity contribution is 5.68. The number of rotatable bonds is 10. The van der Waals surface area contributed by atoms with Crippen molar-refractivity contribution in [3.8, 4) is 5.75 Å². The number of benzene rings is 2. The number of nitrogens with zero attached hydrogens (tertiary/aromatic N) is 1. The van der Waals surface area contributed by atoms with Crippen molar-refractivity contribution in [2.45, 2.75) is 25.2 Å². The van der Waals surface area contributed by atoms with Gasteiger partial charge in [0.25, 0.3) is 0 Å². The average molecular weight is 390 g/mol. The van der Waals surface area contributed by atoms with Gasteiger partial charge in [-0.05, 0) is 47.7 Å². The van der Waals surface area contributed by atoms with Crippen LogP contribution in [-0.4, -0.2) is 29.7 Å². The Balaban J connectivity index is 1.58. The fourth-order valence-electron chi connectivity index (χ4n) is 3.38. The highest BCUT2D eigenvalue weighted by atomic mass is 16.5. The van der Waals surface area contributed by atoms with Crippen molar-refractivity contribution in [3.63, 3.8) is 0 Å². The van der Waals surface area contributed by atoms with Crippen LogP contribution in [0.25, 0.3) is 0 Å². The van der Waals surface area contributed by atoms with Crippen molar-refractivity contribution in [1.29, 1.82) is 0 Å². The fourth-order valence-corrected chi connectivity index (χ4v) is 3.38. The number of nitrogens with one attached hydrogen (secondary N) is 1. The Labute approximate surface area is 171 Å². The smallest absolute Gasteiger partial charge is 0.303 e. The van der Waals surface area contributed by atoms with Gasteiger partial charge in [0, 0.05) is 19.7 Å². The highest BCUT2D eigenvalue weighted by Gasteiger charge is 2.16. The molecule has 0 saturated carbocycles. The predicted octanol–water partition coefficient (Wildman–Crippen LogP) is 4.55. The fraction of sp³-hybridized carbons (Fsp3) is 0.250. The maximum absolute atomic E-state index is 11.3. The van der Waals surface area contributed by atoms with E-state index >= 15 is 0 Å². The van der Waals surface area contributed by atoms with E-state index in [0.717, 1.165) is 28.3 Å². The van der Waals surface area contributed by atoms with Crippen molar-refractivity contribution >= 4 is 11.7 Å². The van der Waals surface area contributed by atoms with Crippen LogP contribution in [0.3, 0.4) is 0 Å². The van der Waals surface area contributed by atoms with Gasteiger partial charge in [0.15, 0.2) is 0 Å². The summed E-state index contributed by atoms with van der Waals surface area (Å²) in [5.74, 6) is -0.0379. The van der Waals surface area contributed by atoms with Crippen LogP contribution < -0.4 is 10.1 Å². The van der Waals surface area contributed by atoms with Crippen molar-refractivity contribution in [2.75, 3.05) is 19.0 Å². The second-order valence-corrected chi connectivity index (χ2v) is 6.90. The van der Waals surface area contributed by atoms with E-state index < -0.39 is 5.97 Å². The predicted molar refractivity (Wildman–Crippen MR) is 115 cm³/mol. The Hall–Kier alpha value is -3.34. The Morgan fingerprint density at radius 1 is 1.07 bits per heavy atom. The van der Waals surface area contributed by atoms with Crippen molar-refractivity contribution in [2.24, 2.45) is 0 Å². The van der Waals surface area contributed by atoms with Crippen molar-refractivity contribution < 1.29 is 14.6 Å². The molecule has 0 aliphatic rings. The molecule has 29 heavy (non-hydrogen) atoms. The van der Waals surface area contributed by atoms with Gasteiger partial charge in [0.05, 0.1) is 24.4 Å². The summed E-state index contributed by atoms with van der Waals surface area (Å²) in [4.78, 5) is 15.7. The quantitative estimate of drug-likeness (QED) is 0.532. The Morgan fingerprint density at radius 2 is 1.83 bits per heavy atom. The van der Waals surface area contributed by atoms with Gasteiger partial charge in [-0.15, -0.1) is 0 Å². The summed E-state index contributed by atoms with van der Waals surface area (Å²) in [5.41, 5.74) is 4.13. The van der Waals surface area contributed by atoms with E-state index in [1.54, 1.807) is 6.20 Å². The van der Waals surface area contributed by atoms with Gasteiger partial charge in [-0.25, -0.2) is 0 Å². The standard InChI is InChI=1S/C24H26N2O3/c1-25-22-8-5-14-26-23(22)13-15-29-21-11-9-18(10-12-21)16-20(17-24(27)28)19-6-3-2-4-7-19/h2-12,14,20,25H,13,15-17H2,1H3,(H,27,28). The third kappa shape index (κ3) is 6.07. The summed E-state index contributed by atoms with van der Waals surface area (Å²) in [6.45, 7) is 0.538. The first-order valence-electron chi connectivity index (χ1n) is 9.76. The van der Waals surface area contributed by atoms with Crippen LogP contribution >= 0.6 is 0 Å². The minimum absolute atomic E-state index is 0.0513. The van der Waals surface area contributed by atoms with Crippen LogP contribution in [0.15, 0.2) is 72.9 Å². The second-order valence-electron chi connectivity index (χ2n) is 6.90. The Kier molecular flexibility index (Phi) is 7.22. The molecule has 1 atom stereocenters. The molecule has 1 aromatic heterocycles. The third-order valence-corrected chi connectivity index (χ3v) is 4.86. The van der Waals surface area contributed by atoms with E-state index in [-0.39, 0.29) is 12.3 Å². The summed E-state index contributed by atoms with van der Waals surface area (Å²) in [6.07, 6.45) is 3.29. The molecule has 0 aliphatic heterocycles. The van der Waals surface area contributed by atoms with Gasteiger partial charge < -0.3 is 15.2 Å². The largest absolute Gasteiger partial charge is 0.493 e. The van der Waals surface area contributed by atoms with Crippen LogP contribution in [0.2, 0.25) is 0 Å². The van der Waals surface area contributed by atoms with E-state index in [4.69, 9.17) is 4.74 Å². The molecule has 0 amide bonds. The molecular formula is C24H26N2O3. The lowest BCUT2D eigenvalue weighted by Gasteiger charge is -2.16. The number of aromatic nitrogens is 1. The molecule has 150 valence electrons. The summed E-state index contributed by atoms with van der Waals surface area (Å²) >= 11 is 0. The normalized spacial score (nSPS) is 11.6. The molecular weight excluding hydrogens is 364 g/mol. The summed E-state index contributed by atoms with van der Waals surface area (Å²) in [5, 5.41) is 12.4. The second kappa shape index (κ2) is 10.3. The van der Waals surface area contributed by atoms with E-state index in [1.165, 1.54) is 0 Å². The molecule has 0 radical (unpaired) electrons. The number of ether oxygens (including phenoxy) is 1. The topological polar surface area (TPSA) is 71.5 Å². The van der Waals surface area contributed by atoms with Gasteiger partial charge in [0.1, 0.15) is 5.75 Å². The van der Waals surface area contributed by atoms with Crippen molar-refractivity contribution in [3.05, 3.63) is 89.7 Å². The monoisotopic (exact) mass is 390 g/mol. The average Bonchev–Trinajstić information content (AvgIpc) is 2.75. The molecule has 0 saturated heterocycles. The van der Waals surface area contributed by atoms with E-state index in [1.807, 2.05) is 73.8 Å². The zero-order chi connectivity index (χ0) is 20.5. The number of aliphatic carboxylic acids is 1. The van der Waals surface area contributed by atoms with Crippen molar-refractivity contribution in [1.82, 2.24) is 4.98 Å². The van der Waals surface area contributed by atoms with E-state index in [0.29, 0.717) is 19.4 Å². The Bertz CT molecular complexity index is 911. The third-order valence-electron chi connectivity index (χ3n) is 4.86. The molecule has 1 unspecified atom stereocenters. The Morgan fingerprint density at radius 3 is 2.52 bits per heavy atom. The van der Waals surface area contributed by atoms with Crippen LogP contribution in [0.1, 0.15) is 29.2 Å². The first-order chi connectivity index (χ1) is 14.2. The van der Waals surface area contributed by atoms with E-state index in [9.17, 15) is 9.90 Å². The number of hydrogen-bond acceptors (Lipinski definition) is 4. The summed E-state index contributed by atoms with van der Waals surface area (Å²) in [7, 11) is 1.88. The molecule has 3 rings (SSSR count). The number of hydrogen-bond donors (Lipinski definition) is 2. The van der Waals surface area contributed by atoms with Gasteiger partial charge >= 0.3 is 5.97 Å². The highest BCUT2D eigenvalue weighted by Crippen LogP contribution is 2.25. The SMILES string of the molecule is CNc1cccnc1CCOc1ccc(CC(CC(=O)O)c2ccccc2)cc1. The maximum Gasteiger partial charge on any atom is 0.303 e. The van der Waals surface area contributed by atoms with Gasteiger partial charge in [0.2, 0.25) is 0 Å². The molecule has 5 heteroatoms. The molecule has 0 spiro atoms. The first kappa shape index (κ1) is 20.4. The van der Waals surface area contributed by atoms with Gasteiger partial charge in [-0.3, -0.25) is 9.78 Å². The number of anilines is 1. The molecule has 0 aliphatic carbocycles. The molecule has 2 aromatic carbocycles. The number of pyridine rings is 1. The molecule has 3 aromatic rings. The first-order valence-corrected chi connectivity index (χ1v) is 9.76.